The molecule has 0 saturated carbocycles. The van der Waals surface area contributed by atoms with Gasteiger partial charge in [-0.05, 0) is 5.56 Å². The summed E-state index contributed by atoms with van der Waals surface area (Å²) in [5, 5.41) is 9.30. The Morgan fingerprint density at radius 1 is 1.19 bits per heavy atom. The van der Waals surface area contributed by atoms with Crippen molar-refractivity contribution in [3.63, 3.8) is 0 Å². The van der Waals surface area contributed by atoms with E-state index in [-0.39, 0.29) is 18.1 Å². The summed E-state index contributed by atoms with van der Waals surface area (Å²) in [6.07, 6.45) is 3.39. The van der Waals surface area contributed by atoms with Crippen molar-refractivity contribution >= 4 is 11.7 Å². The number of carbonyl (C=O) groups is 1. The fourth-order valence-electron chi connectivity index (χ4n) is 3.65. The molecule has 0 bridgehead atoms. The van der Waals surface area contributed by atoms with Gasteiger partial charge in [0.05, 0.1) is 25.2 Å². The van der Waals surface area contributed by atoms with Gasteiger partial charge in [0.1, 0.15) is 6.07 Å². The van der Waals surface area contributed by atoms with Gasteiger partial charge < -0.3 is 14.5 Å². The number of ether oxygens (including phenoxy) is 1. The summed E-state index contributed by atoms with van der Waals surface area (Å²) >= 11 is 0. The molecule has 3 heterocycles. The van der Waals surface area contributed by atoms with E-state index in [2.05, 4.69) is 16.0 Å². The highest BCUT2D eigenvalue weighted by atomic mass is 16.5. The summed E-state index contributed by atoms with van der Waals surface area (Å²) in [5.74, 6) is 0.654. The molecule has 7 nitrogen and oxygen atoms in total. The molecule has 2 saturated heterocycles. The third-order valence-corrected chi connectivity index (χ3v) is 4.89. The Bertz CT molecular complexity index is 835. The predicted molar refractivity (Wildman–Crippen MR) is 94.1 cm³/mol. The van der Waals surface area contributed by atoms with Crippen LogP contribution < -0.4 is 4.90 Å². The number of aromatic nitrogens is 2. The Balaban J connectivity index is 1.60. The number of carbonyl (C=O) groups excluding carboxylic acids is 1. The van der Waals surface area contributed by atoms with Gasteiger partial charge in [-0.25, -0.2) is 9.97 Å². The van der Waals surface area contributed by atoms with Gasteiger partial charge in [-0.1, -0.05) is 30.3 Å². The second kappa shape index (κ2) is 7.10. The third kappa shape index (κ3) is 3.11. The molecule has 1 aromatic carbocycles. The Morgan fingerprint density at radius 2 is 2.00 bits per heavy atom. The summed E-state index contributed by atoms with van der Waals surface area (Å²) in [5.41, 5.74) is 1.39. The molecule has 0 unspecified atom stereocenters. The molecule has 132 valence electrons. The van der Waals surface area contributed by atoms with E-state index < -0.39 is 0 Å². The van der Waals surface area contributed by atoms with Crippen molar-refractivity contribution in [1.82, 2.24) is 14.9 Å². The van der Waals surface area contributed by atoms with Gasteiger partial charge in [0.2, 0.25) is 5.91 Å². The van der Waals surface area contributed by atoms with Crippen molar-refractivity contribution in [2.24, 2.45) is 0 Å². The number of amides is 1. The maximum Gasteiger partial charge on any atom is 0.225 e. The molecule has 2 aliphatic heterocycles. The van der Waals surface area contributed by atoms with Crippen LogP contribution in [0.2, 0.25) is 0 Å². The van der Waals surface area contributed by atoms with Gasteiger partial charge in [-0.2, -0.15) is 5.26 Å². The van der Waals surface area contributed by atoms with Crippen LogP contribution in [0, 0.1) is 11.3 Å². The minimum atomic E-state index is -0.0984. The van der Waals surface area contributed by atoms with E-state index >= 15 is 0 Å². The van der Waals surface area contributed by atoms with Crippen LogP contribution >= 0.6 is 0 Å². The predicted octanol–water partition coefficient (Wildman–Crippen LogP) is 1.35. The Labute approximate surface area is 151 Å². The summed E-state index contributed by atoms with van der Waals surface area (Å²) in [4.78, 5) is 25.0. The van der Waals surface area contributed by atoms with Gasteiger partial charge in [-0.15, -0.1) is 0 Å². The number of hydrogen-bond donors (Lipinski definition) is 0. The average Bonchev–Trinajstić information content (AvgIpc) is 3.04. The first-order valence-corrected chi connectivity index (χ1v) is 8.67. The molecule has 2 atom stereocenters. The van der Waals surface area contributed by atoms with Crippen LogP contribution in [0.1, 0.15) is 17.7 Å². The number of benzene rings is 1. The molecule has 0 radical (unpaired) electrons. The van der Waals surface area contributed by atoms with Gasteiger partial charge >= 0.3 is 0 Å². The highest BCUT2D eigenvalue weighted by Crippen LogP contribution is 2.28. The summed E-state index contributed by atoms with van der Waals surface area (Å²) in [6.45, 7) is 2.15. The molecule has 1 amide bonds. The summed E-state index contributed by atoms with van der Waals surface area (Å²) < 4.78 is 5.96. The summed E-state index contributed by atoms with van der Waals surface area (Å²) in [6, 6.07) is 12.0. The number of fused-ring (bicyclic) bond motifs is 1. The van der Waals surface area contributed by atoms with Gasteiger partial charge in [0, 0.05) is 32.0 Å². The molecule has 1 aromatic heterocycles. The molecule has 2 fully saturated rings. The molecule has 26 heavy (non-hydrogen) atoms. The lowest BCUT2D eigenvalue weighted by Gasteiger charge is -2.29. The van der Waals surface area contributed by atoms with Crippen LogP contribution in [-0.2, 0) is 16.1 Å². The first kappa shape index (κ1) is 16.5. The molecule has 2 aromatic rings. The lowest BCUT2D eigenvalue weighted by molar-refractivity contribution is -0.133. The second-order valence-corrected chi connectivity index (χ2v) is 6.48. The zero-order valence-electron chi connectivity index (χ0n) is 14.3. The Kier molecular flexibility index (Phi) is 4.50. The zero-order valence-corrected chi connectivity index (χ0v) is 14.3. The van der Waals surface area contributed by atoms with E-state index in [9.17, 15) is 10.1 Å². The average molecular weight is 349 g/mol. The molecular formula is C19H19N5O2. The lowest BCUT2D eigenvalue weighted by Crippen LogP contribution is -2.45. The minimum absolute atomic E-state index is 0.0706. The fraction of sp³-hybridized carbons (Fsp3) is 0.368. The molecule has 4 rings (SSSR count). The van der Waals surface area contributed by atoms with Crippen molar-refractivity contribution in [2.75, 3.05) is 24.6 Å². The zero-order chi connectivity index (χ0) is 17.9. The van der Waals surface area contributed by atoms with Crippen LogP contribution in [0.15, 0.2) is 42.7 Å². The highest BCUT2D eigenvalue weighted by molar-refractivity contribution is 5.77. The standard InChI is InChI=1S/C19H19N5O2/c20-10-15-19(22-8-7-21-15)23-12-16-17(13-23)26-9-6-18(25)24(16)11-14-4-2-1-3-5-14/h1-5,7-8,16-17H,6,9,11-13H2/t16-,17-/m0/s1. The van der Waals surface area contributed by atoms with Crippen molar-refractivity contribution in [3.05, 3.63) is 54.0 Å². The highest BCUT2D eigenvalue weighted by Gasteiger charge is 2.42. The number of hydrogen-bond acceptors (Lipinski definition) is 6. The van der Waals surface area contributed by atoms with Crippen LogP contribution in [0.4, 0.5) is 5.82 Å². The first-order valence-electron chi connectivity index (χ1n) is 8.67. The van der Waals surface area contributed by atoms with Crippen molar-refractivity contribution in [3.8, 4) is 6.07 Å². The van der Waals surface area contributed by atoms with E-state index in [1.807, 2.05) is 40.1 Å². The first-order chi connectivity index (χ1) is 12.8. The van der Waals surface area contributed by atoms with Gasteiger partial charge in [0.25, 0.3) is 0 Å². The Hall–Kier alpha value is -2.98. The Morgan fingerprint density at radius 3 is 2.81 bits per heavy atom. The van der Waals surface area contributed by atoms with E-state index in [1.54, 1.807) is 6.20 Å². The maximum atomic E-state index is 12.7. The fourth-order valence-corrected chi connectivity index (χ4v) is 3.65. The van der Waals surface area contributed by atoms with Crippen molar-refractivity contribution in [1.29, 1.82) is 5.26 Å². The van der Waals surface area contributed by atoms with Crippen LogP contribution in [0.5, 0.6) is 0 Å². The maximum absolute atomic E-state index is 12.7. The van der Waals surface area contributed by atoms with Crippen molar-refractivity contribution in [2.45, 2.75) is 25.1 Å². The molecule has 0 aliphatic carbocycles. The minimum Gasteiger partial charge on any atom is -0.374 e. The number of anilines is 1. The smallest absolute Gasteiger partial charge is 0.225 e. The lowest BCUT2D eigenvalue weighted by atomic mass is 10.1. The van der Waals surface area contributed by atoms with Gasteiger partial charge in [-0.3, -0.25) is 4.79 Å². The molecule has 7 heteroatoms. The van der Waals surface area contributed by atoms with Crippen molar-refractivity contribution < 1.29 is 9.53 Å². The SMILES string of the molecule is N#Cc1nccnc1N1C[C@@H]2OCCC(=O)N(Cc3ccccc3)[C@H]2C1. The van der Waals surface area contributed by atoms with Crippen LogP contribution in [-0.4, -0.2) is 52.6 Å². The number of nitriles is 1. The quantitative estimate of drug-likeness (QED) is 0.832. The second-order valence-electron chi connectivity index (χ2n) is 6.48. The summed E-state index contributed by atoms with van der Waals surface area (Å²) in [7, 11) is 0. The molecular weight excluding hydrogens is 330 g/mol. The van der Waals surface area contributed by atoms with E-state index in [0.717, 1.165) is 5.56 Å². The van der Waals surface area contributed by atoms with Crippen LogP contribution in [0.3, 0.4) is 0 Å². The largest absolute Gasteiger partial charge is 0.374 e. The molecule has 0 N–H and O–H groups in total. The molecule has 0 spiro atoms. The van der Waals surface area contributed by atoms with E-state index in [0.29, 0.717) is 44.2 Å². The topological polar surface area (TPSA) is 82.4 Å². The van der Waals surface area contributed by atoms with E-state index in [4.69, 9.17) is 4.74 Å². The molecule has 2 aliphatic rings. The third-order valence-electron chi connectivity index (χ3n) is 4.89. The van der Waals surface area contributed by atoms with Crippen LogP contribution in [0.25, 0.3) is 0 Å². The number of rotatable bonds is 3. The number of nitrogens with zero attached hydrogens (tertiary/aromatic N) is 5. The monoisotopic (exact) mass is 349 g/mol. The van der Waals surface area contributed by atoms with Gasteiger partial charge in [0.15, 0.2) is 11.5 Å². The normalized spacial score (nSPS) is 22.7. The van der Waals surface area contributed by atoms with E-state index in [1.165, 1.54) is 6.20 Å².